The summed E-state index contributed by atoms with van der Waals surface area (Å²) in [7, 11) is 3.21. The van der Waals surface area contributed by atoms with Crippen LogP contribution in [0.1, 0.15) is 15.9 Å². The fourth-order valence-corrected chi connectivity index (χ4v) is 2.61. The Kier molecular flexibility index (Phi) is 5.83. The van der Waals surface area contributed by atoms with Gasteiger partial charge in [0.05, 0.1) is 29.6 Å². The van der Waals surface area contributed by atoms with Gasteiger partial charge in [0.15, 0.2) is 5.82 Å². The number of hydrogen-bond donors (Lipinski definition) is 1. The Morgan fingerprint density at radius 2 is 2.00 bits per heavy atom. The number of rotatable bonds is 6. The highest BCUT2D eigenvalue weighted by Crippen LogP contribution is 2.26. The Hall–Kier alpha value is -3.19. The molecule has 1 N–H and O–H groups in total. The molecule has 2 aromatic carbocycles. The highest BCUT2D eigenvalue weighted by atomic mass is 35.5. The van der Waals surface area contributed by atoms with Crippen molar-refractivity contribution in [1.29, 1.82) is 0 Å². The molecule has 0 radical (unpaired) electrons. The third-order valence-corrected chi connectivity index (χ3v) is 4.13. The molecule has 0 unspecified atom stereocenters. The van der Waals surface area contributed by atoms with Crippen molar-refractivity contribution < 1.29 is 9.53 Å². The summed E-state index contributed by atoms with van der Waals surface area (Å²) in [6, 6.07) is 14.8. The summed E-state index contributed by atoms with van der Waals surface area (Å²) < 4.78 is 4.73. The average Bonchev–Trinajstić information content (AvgIpc) is 2.70. The van der Waals surface area contributed by atoms with Crippen molar-refractivity contribution in [2.45, 2.75) is 6.54 Å². The number of anilines is 3. The van der Waals surface area contributed by atoms with Crippen molar-refractivity contribution in [3.63, 3.8) is 0 Å². The van der Waals surface area contributed by atoms with Gasteiger partial charge in [-0.3, -0.25) is 0 Å². The number of ether oxygens (including phenoxy) is 1. The Morgan fingerprint density at radius 1 is 1.22 bits per heavy atom. The number of nitrogens with one attached hydrogen (secondary N) is 1. The number of halogens is 1. The smallest absolute Gasteiger partial charge is 0.337 e. The van der Waals surface area contributed by atoms with E-state index in [-0.39, 0.29) is 0 Å². The average molecular weight is 384 g/mol. The molecule has 0 bridgehead atoms. The van der Waals surface area contributed by atoms with Crippen LogP contribution in [0.2, 0.25) is 5.02 Å². The minimum absolute atomic E-state index is 0.382. The fourth-order valence-electron chi connectivity index (χ4n) is 2.45. The lowest BCUT2D eigenvalue weighted by molar-refractivity contribution is 0.0601. The Morgan fingerprint density at radius 3 is 2.74 bits per heavy atom. The number of esters is 1. The molecular formula is C19H18ClN5O2. The van der Waals surface area contributed by atoms with E-state index in [9.17, 15) is 4.79 Å². The monoisotopic (exact) mass is 383 g/mol. The van der Waals surface area contributed by atoms with E-state index in [1.807, 2.05) is 42.3 Å². The van der Waals surface area contributed by atoms with Crippen LogP contribution in [0.25, 0.3) is 0 Å². The van der Waals surface area contributed by atoms with Crippen LogP contribution in [0.4, 0.5) is 17.5 Å². The number of methoxy groups -OCH3 is 1. The van der Waals surface area contributed by atoms with E-state index >= 15 is 0 Å². The topological polar surface area (TPSA) is 80.2 Å². The molecule has 0 saturated carbocycles. The molecule has 0 aliphatic heterocycles. The molecule has 0 atom stereocenters. The van der Waals surface area contributed by atoms with Crippen molar-refractivity contribution in [2.75, 3.05) is 24.4 Å². The van der Waals surface area contributed by atoms with Crippen LogP contribution in [-0.2, 0) is 11.3 Å². The van der Waals surface area contributed by atoms with Gasteiger partial charge in [-0.2, -0.15) is 10.1 Å². The number of carbonyl (C=O) groups excluding carboxylic acids is 1. The normalized spacial score (nSPS) is 10.3. The highest BCUT2D eigenvalue weighted by molar-refractivity contribution is 6.33. The molecule has 3 aromatic rings. The minimum atomic E-state index is -0.446. The summed E-state index contributed by atoms with van der Waals surface area (Å²) in [5, 5.41) is 11.6. The minimum Gasteiger partial charge on any atom is -0.465 e. The largest absolute Gasteiger partial charge is 0.465 e. The van der Waals surface area contributed by atoms with E-state index in [1.54, 1.807) is 18.2 Å². The van der Waals surface area contributed by atoms with Gasteiger partial charge in [0.1, 0.15) is 0 Å². The molecule has 0 fully saturated rings. The van der Waals surface area contributed by atoms with Gasteiger partial charge in [0.2, 0.25) is 5.95 Å². The predicted octanol–water partition coefficient (Wildman–Crippen LogP) is 3.69. The summed E-state index contributed by atoms with van der Waals surface area (Å²) in [6.45, 7) is 0.643. The lowest BCUT2D eigenvalue weighted by atomic mass is 10.2. The number of nitrogens with zero attached hydrogens (tertiary/aromatic N) is 4. The maximum absolute atomic E-state index is 11.7. The first kappa shape index (κ1) is 18.6. The molecule has 1 heterocycles. The lowest BCUT2D eigenvalue weighted by Gasteiger charge is -2.17. The Bertz CT molecular complexity index is 936. The van der Waals surface area contributed by atoms with Crippen molar-refractivity contribution in [3.05, 3.63) is 70.9 Å². The number of hydrogen-bond acceptors (Lipinski definition) is 7. The van der Waals surface area contributed by atoms with Crippen molar-refractivity contribution in [3.8, 4) is 0 Å². The Labute approximate surface area is 162 Å². The summed E-state index contributed by atoms with van der Waals surface area (Å²) >= 11 is 6.21. The van der Waals surface area contributed by atoms with Crippen molar-refractivity contribution in [1.82, 2.24) is 15.2 Å². The van der Waals surface area contributed by atoms with Gasteiger partial charge in [-0.15, -0.1) is 5.10 Å². The molecule has 0 spiro atoms. The van der Waals surface area contributed by atoms with Crippen LogP contribution in [0.15, 0.2) is 54.7 Å². The number of benzene rings is 2. The van der Waals surface area contributed by atoms with Gasteiger partial charge in [0, 0.05) is 13.6 Å². The molecule has 0 amide bonds. The van der Waals surface area contributed by atoms with Gasteiger partial charge in [-0.1, -0.05) is 41.9 Å². The molecule has 0 saturated heterocycles. The summed E-state index contributed by atoms with van der Waals surface area (Å²) in [5.74, 6) is 0.478. The van der Waals surface area contributed by atoms with Crippen molar-refractivity contribution >= 4 is 35.0 Å². The van der Waals surface area contributed by atoms with Gasteiger partial charge < -0.3 is 15.0 Å². The molecule has 3 rings (SSSR count). The first-order valence-corrected chi connectivity index (χ1v) is 8.54. The fraction of sp³-hybridized carbons (Fsp3) is 0.158. The first-order chi connectivity index (χ1) is 13.1. The van der Waals surface area contributed by atoms with Crippen molar-refractivity contribution in [2.24, 2.45) is 0 Å². The van der Waals surface area contributed by atoms with E-state index in [0.717, 1.165) is 5.56 Å². The third-order valence-electron chi connectivity index (χ3n) is 3.80. The first-order valence-electron chi connectivity index (χ1n) is 8.16. The van der Waals surface area contributed by atoms with E-state index in [0.29, 0.717) is 34.6 Å². The second-order valence-electron chi connectivity index (χ2n) is 5.79. The van der Waals surface area contributed by atoms with Crippen LogP contribution >= 0.6 is 11.6 Å². The maximum Gasteiger partial charge on any atom is 0.337 e. The van der Waals surface area contributed by atoms with Gasteiger partial charge in [-0.25, -0.2) is 4.79 Å². The SMILES string of the molecule is COC(=O)c1ccc(Cl)c(Nc2cnnc(N(C)Cc3ccccc3)n2)c1. The quantitative estimate of drug-likeness (QED) is 0.650. The van der Waals surface area contributed by atoms with Crippen LogP contribution in [-0.4, -0.2) is 35.3 Å². The van der Waals surface area contributed by atoms with E-state index < -0.39 is 5.97 Å². The summed E-state index contributed by atoms with van der Waals surface area (Å²) in [4.78, 5) is 18.1. The highest BCUT2D eigenvalue weighted by Gasteiger charge is 2.11. The molecule has 1 aromatic heterocycles. The second-order valence-corrected chi connectivity index (χ2v) is 6.20. The van der Waals surface area contributed by atoms with Gasteiger partial charge in [-0.05, 0) is 23.8 Å². The number of aromatic nitrogens is 3. The van der Waals surface area contributed by atoms with Crippen LogP contribution in [0.3, 0.4) is 0 Å². The zero-order valence-electron chi connectivity index (χ0n) is 14.9. The molecule has 27 heavy (non-hydrogen) atoms. The molecule has 0 aliphatic rings. The number of carbonyl (C=O) groups is 1. The van der Waals surface area contributed by atoms with Gasteiger partial charge >= 0.3 is 5.97 Å². The van der Waals surface area contributed by atoms with Crippen LogP contribution < -0.4 is 10.2 Å². The van der Waals surface area contributed by atoms with Crippen LogP contribution in [0, 0.1) is 0 Å². The second kappa shape index (κ2) is 8.46. The third kappa shape index (κ3) is 4.71. The zero-order chi connectivity index (χ0) is 19.2. The summed E-state index contributed by atoms with van der Waals surface area (Å²) in [6.07, 6.45) is 1.49. The molecule has 138 valence electrons. The maximum atomic E-state index is 11.7. The van der Waals surface area contributed by atoms with Gasteiger partial charge in [0.25, 0.3) is 0 Å². The lowest BCUT2D eigenvalue weighted by Crippen LogP contribution is -2.20. The van der Waals surface area contributed by atoms with Crippen LogP contribution in [0.5, 0.6) is 0 Å². The van der Waals surface area contributed by atoms with E-state index in [2.05, 4.69) is 20.5 Å². The predicted molar refractivity (Wildman–Crippen MR) is 104 cm³/mol. The molecule has 8 heteroatoms. The molecular weight excluding hydrogens is 366 g/mol. The zero-order valence-corrected chi connectivity index (χ0v) is 15.6. The standard InChI is InChI=1S/C19H18ClN5O2/c1-25(12-13-6-4-3-5-7-13)19-23-17(11-21-24-19)22-16-10-14(18(26)27-2)8-9-15(16)20/h3-11H,12H2,1-2H3,(H,22,23,24). The molecule has 0 aliphatic carbocycles. The van der Waals surface area contributed by atoms with E-state index in [4.69, 9.17) is 16.3 Å². The van der Waals surface area contributed by atoms with E-state index in [1.165, 1.54) is 13.3 Å². The Balaban J connectivity index is 1.79. The summed E-state index contributed by atoms with van der Waals surface area (Å²) in [5.41, 5.74) is 2.04. The molecule has 7 nitrogen and oxygen atoms in total.